The lowest BCUT2D eigenvalue weighted by atomic mass is 9.94. The number of ether oxygens (including phenoxy) is 2. The molecule has 28 heavy (non-hydrogen) atoms. The zero-order valence-corrected chi connectivity index (χ0v) is 19.3. The molecular weight excluding hydrogens is 415 g/mol. The summed E-state index contributed by atoms with van der Waals surface area (Å²) in [7, 11) is 3.78. The minimum absolute atomic E-state index is 0.295. The quantitative estimate of drug-likeness (QED) is 0.440. The molecule has 1 heterocycles. The fraction of sp³-hybridized carbons (Fsp3) is 0.571. The van der Waals surface area contributed by atoms with Crippen molar-refractivity contribution in [1.82, 2.24) is 9.55 Å². The van der Waals surface area contributed by atoms with Crippen LogP contribution in [-0.2, 0) is 23.1 Å². The van der Waals surface area contributed by atoms with Crippen molar-refractivity contribution in [1.29, 1.82) is 0 Å². The number of hydrogen-bond acceptors (Lipinski definition) is 4. The summed E-state index contributed by atoms with van der Waals surface area (Å²) < 4.78 is 14.1. The van der Waals surface area contributed by atoms with Crippen LogP contribution in [0.3, 0.4) is 0 Å². The maximum atomic E-state index is 6.27. The molecule has 1 fully saturated rings. The first-order chi connectivity index (χ1) is 13.3. The monoisotopic (exact) mass is 442 g/mol. The van der Waals surface area contributed by atoms with E-state index in [4.69, 9.17) is 37.7 Å². The lowest BCUT2D eigenvalue weighted by Crippen LogP contribution is -2.37. The van der Waals surface area contributed by atoms with Crippen molar-refractivity contribution in [2.45, 2.75) is 74.2 Å². The molecule has 3 rings (SSSR count). The summed E-state index contributed by atoms with van der Waals surface area (Å²) in [6, 6.07) is 5.59. The van der Waals surface area contributed by atoms with Crippen molar-refractivity contribution in [2.24, 2.45) is 7.05 Å². The van der Waals surface area contributed by atoms with Crippen molar-refractivity contribution >= 4 is 35.0 Å². The van der Waals surface area contributed by atoms with Crippen LogP contribution in [0.2, 0.25) is 10.0 Å². The predicted octanol–water partition coefficient (Wildman–Crippen LogP) is 6.82. The number of rotatable bonds is 7. The number of hydrogen-bond donors (Lipinski definition) is 0. The lowest BCUT2D eigenvalue weighted by Gasteiger charge is -2.35. The highest BCUT2D eigenvalue weighted by Crippen LogP contribution is 2.38. The summed E-state index contributed by atoms with van der Waals surface area (Å²) in [6.07, 6.45) is 5.41. The van der Waals surface area contributed by atoms with E-state index in [-0.39, 0.29) is 0 Å². The van der Waals surface area contributed by atoms with E-state index < -0.39 is 5.79 Å². The highest BCUT2D eigenvalue weighted by molar-refractivity contribution is 7.99. The van der Waals surface area contributed by atoms with Crippen molar-refractivity contribution in [2.75, 3.05) is 7.11 Å². The van der Waals surface area contributed by atoms with Gasteiger partial charge in [-0.15, -0.1) is 0 Å². The van der Waals surface area contributed by atoms with E-state index in [0.29, 0.717) is 22.6 Å². The first-order valence-corrected chi connectivity index (χ1v) is 11.3. The Morgan fingerprint density at radius 1 is 1.14 bits per heavy atom. The van der Waals surface area contributed by atoms with Crippen LogP contribution in [0.4, 0.5) is 0 Å². The van der Waals surface area contributed by atoms with Gasteiger partial charge in [-0.05, 0) is 37.0 Å². The topological polar surface area (TPSA) is 36.3 Å². The summed E-state index contributed by atoms with van der Waals surface area (Å²) in [4.78, 5) is 5.89. The van der Waals surface area contributed by atoms with Gasteiger partial charge in [0.1, 0.15) is 17.5 Å². The molecule has 1 aliphatic carbocycles. The Balaban J connectivity index is 1.84. The first kappa shape index (κ1) is 22.0. The molecule has 0 aliphatic heterocycles. The molecule has 0 atom stereocenters. The smallest absolute Gasteiger partial charge is 0.168 e. The van der Waals surface area contributed by atoms with E-state index in [9.17, 15) is 0 Å². The van der Waals surface area contributed by atoms with Gasteiger partial charge in [0, 0.05) is 41.9 Å². The number of methoxy groups -OCH3 is 1. The zero-order valence-electron chi connectivity index (χ0n) is 16.9. The summed E-state index contributed by atoms with van der Waals surface area (Å²) in [5, 5.41) is 2.35. The molecule has 0 radical (unpaired) electrons. The van der Waals surface area contributed by atoms with Gasteiger partial charge >= 0.3 is 0 Å². The van der Waals surface area contributed by atoms with Crippen LogP contribution >= 0.6 is 35.0 Å². The van der Waals surface area contributed by atoms with Gasteiger partial charge in [0.15, 0.2) is 5.79 Å². The maximum Gasteiger partial charge on any atom is 0.168 e. The molecule has 1 aromatic heterocycles. The Labute approximate surface area is 181 Å². The molecule has 0 unspecified atom stereocenters. The Hall–Kier alpha value is -0.720. The van der Waals surface area contributed by atoms with Crippen LogP contribution in [0.5, 0.6) is 0 Å². The molecule has 0 amide bonds. The fourth-order valence-electron chi connectivity index (χ4n) is 3.57. The summed E-state index contributed by atoms with van der Waals surface area (Å²) in [6.45, 7) is 4.74. The summed E-state index contributed by atoms with van der Waals surface area (Å²) in [5.41, 5.74) is 1.05. The molecule has 0 N–H and O–H groups in total. The number of benzene rings is 1. The third-order valence-electron chi connectivity index (χ3n) is 5.21. The Bertz CT molecular complexity index is 797. The zero-order chi connectivity index (χ0) is 20.3. The standard InChI is InChI=1S/C21H28Cl2N2O2S/c1-14(2)19-20(28-17-11-15(22)10-16(23)12-17)25(3)18(24-19)13-27-21(26-4)8-6-5-7-9-21/h10-12,14H,5-9,13H2,1-4H3. The highest BCUT2D eigenvalue weighted by atomic mass is 35.5. The molecule has 1 aromatic carbocycles. The van der Waals surface area contributed by atoms with Crippen LogP contribution in [0, 0.1) is 0 Å². The second kappa shape index (κ2) is 9.40. The van der Waals surface area contributed by atoms with Crippen LogP contribution in [0.15, 0.2) is 28.1 Å². The van der Waals surface area contributed by atoms with E-state index in [0.717, 1.165) is 47.1 Å². The normalized spacial score (nSPS) is 16.7. The molecule has 2 aromatic rings. The van der Waals surface area contributed by atoms with Gasteiger partial charge in [0.2, 0.25) is 0 Å². The molecule has 1 aliphatic rings. The second-order valence-electron chi connectivity index (χ2n) is 7.60. The third-order valence-corrected chi connectivity index (χ3v) is 6.79. The lowest BCUT2D eigenvalue weighted by molar-refractivity contribution is -0.246. The van der Waals surface area contributed by atoms with Crippen LogP contribution in [-0.4, -0.2) is 22.4 Å². The number of halogens is 2. The summed E-state index contributed by atoms with van der Waals surface area (Å²) >= 11 is 14.0. The SMILES string of the molecule is COC1(OCc2nc(C(C)C)c(Sc3cc(Cl)cc(Cl)c3)n2C)CCCCC1. The fourth-order valence-corrected chi connectivity index (χ4v) is 5.45. The summed E-state index contributed by atoms with van der Waals surface area (Å²) in [5.74, 6) is 0.722. The van der Waals surface area contributed by atoms with Gasteiger partial charge in [-0.25, -0.2) is 4.98 Å². The molecule has 7 heteroatoms. The molecule has 0 saturated heterocycles. The molecular formula is C21H28Cl2N2O2S. The average Bonchev–Trinajstić information content (AvgIpc) is 2.96. The van der Waals surface area contributed by atoms with E-state index in [1.165, 1.54) is 6.42 Å². The molecule has 1 saturated carbocycles. The number of nitrogens with zero attached hydrogens (tertiary/aromatic N) is 2. The number of aromatic nitrogens is 2. The van der Waals surface area contributed by atoms with E-state index in [1.807, 2.05) is 19.2 Å². The van der Waals surface area contributed by atoms with Crippen LogP contribution < -0.4 is 0 Å². The predicted molar refractivity (Wildman–Crippen MR) is 115 cm³/mol. The van der Waals surface area contributed by atoms with Crippen LogP contribution in [0.25, 0.3) is 0 Å². The Morgan fingerprint density at radius 2 is 1.79 bits per heavy atom. The van der Waals surface area contributed by atoms with Crippen molar-refractivity contribution in [3.05, 3.63) is 39.8 Å². The molecule has 0 bridgehead atoms. The Kier molecular flexibility index (Phi) is 7.37. The van der Waals surface area contributed by atoms with Crippen molar-refractivity contribution < 1.29 is 9.47 Å². The maximum absolute atomic E-state index is 6.27. The molecule has 154 valence electrons. The highest BCUT2D eigenvalue weighted by Gasteiger charge is 2.33. The van der Waals surface area contributed by atoms with E-state index >= 15 is 0 Å². The first-order valence-electron chi connectivity index (χ1n) is 9.72. The largest absolute Gasteiger partial charge is 0.353 e. The minimum atomic E-state index is -0.476. The average molecular weight is 443 g/mol. The van der Waals surface area contributed by atoms with Gasteiger partial charge in [-0.1, -0.05) is 55.2 Å². The van der Waals surface area contributed by atoms with Crippen molar-refractivity contribution in [3.63, 3.8) is 0 Å². The van der Waals surface area contributed by atoms with E-state index in [1.54, 1.807) is 24.9 Å². The van der Waals surface area contributed by atoms with Gasteiger partial charge < -0.3 is 14.0 Å². The van der Waals surface area contributed by atoms with Gasteiger partial charge in [0.25, 0.3) is 0 Å². The second-order valence-corrected chi connectivity index (χ2v) is 9.54. The van der Waals surface area contributed by atoms with Gasteiger partial charge in [0.05, 0.1) is 5.69 Å². The van der Waals surface area contributed by atoms with Crippen molar-refractivity contribution in [3.8, 4) is 0 Å². The van der Waals surface area contributed by atoms with E-state index in [2.05, 4.69) is 18.4 Å². The molecule has 0 spiro atoms. The van der Waals surface area contributed by atoms with Gasteiger partial charge in [-0.2, -0.15) is 0 Å². The molecule has 4 nitrogen and oxygen atoms in total. The Morgan fingerprint density at radius 3 is 2.36 bits per heavy atom. The minimum Gasteiger partial charge on any atom is -0.353 e. The third kappa shape index (κ3) is 5.06. The van der Waals surface area contributed by atoms with Crippen LogP contribution in [0.1, 0.15) is 63.4 Å². The number of imidazole rings is 1. The van der Waals surface area contributed by atoms with Gasteiger partial charge in [-0.3, -0.25) is 0 Å².